The summed E-state index contributed by atoms with van der Waals surface area (Å²) in [6.07, 6.45) is 6.64. The maximum absolute atomic E-state index is 15.0. The lowest BCUT2D eigenvalue weighted by Crippen LogP contribution is -2.44. The highest BCUT2D eigenvalue weighted by molar-refractivity contribution is 7.89. The van der Waals surface area contributed by atoms with E-state index >= 15 is 4.39 Å². The van der Waals surface area contributed by atoms with Crippen LogP contribution in [0.1, 0.15) is 38.2 Å². The van der Waals surface area contributed by atoms with Crippen LogP contribution in [0, 0.1) is 11.7 Å². The maximum atomic E-state index is 15.0. The molecule has 0 amide bonds. The van der Waals surface area contributed by atoms with Crippen molar-refractivity contribution in [2.24, 2.45) is 5.92 Å². The summed E-state index contributed by atoms with van der Waals surface area (Å²) in [5, 5.41) is 0.463. The number of nitrogens with zero attached hydrogens (tertiary/aromatic N) is 2. The molecule has 0 bridgehead atoms. The molecule has 2 aromatic carbocycles. The molecule has 5 nitrogen and oxygen atoms in total. The zero-order valence-electron chi connectivity index (χ0n) is 17.2. The predicted octanol–water partition coefficient (Wildman–Crippen LogP) is 5.90. The molecule has 1 fully saturated rings. The van der Waals surface area contributed by atoms with Crippen molar-refractivity contribution in [3.63, 3.8) is 0 Å². The van der Waals surface area contributed by atoms with Gasteiger partial charge in [-0.25, -0.2) is 17.8 Å². The summed E-state index contributed by atoms with van der Waals surface area (Å²) in [5.41, 5.74) is 0.815. The first-order valence-electron chi connectivity index (χ1n) is 10.3. The van der Waals surface area contributed by atoms with Crippen molar-refractivity contribution in [3.05, 3.63) is 71.3 Å². The van der Waals surface area contributed by atoms with Gasteiger partial charge in [-0.3, -0.25) is 0 Å². The summed E-state index contributed by atoms with van der Waals surface area (Å²) in [5.74, 6) is 0.0120. The Morgan fingerprint density at radius 2 is 1.90 bits per heavy atom. The number of hydrogen-bond donors (Lipinski definition) is 0. The summed E-state index contributed by atoms with van der Waals surface area (Å²) < 4.78 is 48.9. The molecule has 0 unspecified atom stereocenters. The molecule has 0 spiro atoms. The van der Waals surface area contributed by atoms with E-state index in [2.05, 4.69) is 11.9 Å². The number of benzene rings is 2. The molecule has 1 saturated carbocycles. The summed E-state index contributed by atoms with van der Waals surface area (Å²) in [4.78, 5) is 4.20. The Bertz CT molecular complexity index is 1130. The number of aromatic nitrogens is 1. The van der Waals surface area contributed by atoms with Crippen LogP contribution in [-0.4, -0.2) is 23.7 Å². The quantitative estimate of drug-likeness (QED) is 0.457. The van der Waals surface area contributed by atoms with Crippen molar-refractivity contribution in [2.45, 2.75) is 50.1 Å². The summed E-state index contributed by atoms with van der Waals surface area (Å²) in [6, 6.07) is 10.6. The summed E-state index contributed by atoms with van der Waals surface area (Å²) in [7, 11) is -3.84. The van der Waals surface area contributed by atoms with Gasteiger partial charge in [0.2, 0.25) is 15.9 Å². The van der Waals surface area contributed by atoms with Crippen molar-refractivity contribution in [3.8, 4) is 11.5 Å². The minimum Gasteiger partial charge on any atom is -0.445 e. The molecule has 1 aliphatic carbocycles. The topological polar surface area (TPSA) is 63.4 Å². The maximum Gasteiger partial charge on any atom is 0.243 e. The zero-order chi connectivity index (χ0) is 22.0. The fourth-order valence-corrected chi connectivity index (χ4v) is 6.04. The first kappa shape index (κ1) is 22.0. The number of rotatable bonds is 6. The first-order chi connectivity index (χ1) is 14.9. The fraction of sp³-hybridized carbons (Fsp3) is 0.348. The minimum absolute atomic E-state index is 0.0440. The SMILES string of the molecule is C[C@@H]1CCCC[C@H]1N(Cc1ccc(-c2ncco2)cc1F)S(=O)(=O)c1ccc(Cl)cc1. The second-order valence-electron chi connectivity index (χ2n) is 7.98. The molecule has 0 saturated heterocycles. The molecule has 31 heavy (non-hydrogen) atoms. The first-order valence-corrected chi connectivity index (χ1v) is 12.1. The van der Waals surface area contributed by atoms with E-state index in [9.17, 15) is 8.42 Å². The number of halogens is 2. The van der Waals surface area contributed by atoms with Crippen molar-refractivity contribution < 1.29 is 17.2 Å². The van der Waals surface area contributed by atoms with Crippen molar-refractivity contribution >= 4 is 21.6 Å². The van der Waals surface area contributed by atoms with Crippen molar-refractivity contribution in [1.82, 2.24) is 9.29 Å². The lowest BCUT2D eigenvalue weighted by Gasteiger charge is -2.38. The van der Waals surface area contributed by atoms with E-state index in [0.29, 0.717) is 22.0 Å². The van der Waals surface area contributed by atoms with Gasteiger partial charge in [-0.1, -0.05) is 37.4 Å². The van der Waals surface area contributed by atoms with Crippen molar-refractivity contribution in [1.29, 1.82) is 0 Å². The van der Waals surface area contributed by atoms with Gasteiger partial charge in [0.05, 0.1) is 11.1 Å². The van der Waals surface area contributed by atoms with Gasteiger partial charge >= 0.3 is 0 Å². The van der Waals surface area contributed by atoms with Crippen LogP contribution in [0.5, 0.6) is 0 Å². The second-order valence-corrected chi connectivity index (χ2v) is 10.3. The van der Waals surface area contributed by atoms with E-state index < -0.39 is 15.8 Å². The van der Waals surface area contributed by atoms with E-state index in [4.69, 9.17) is 16.0 Å². The highest BCUT2D eigenvalue weighted by Gasteiger charge is 2.36. The van der Waals surface area contributed by atoms with Crippen LogP contribution in [0.3, 0.4) is 0 Å². The third-order valence-electron chi connectivity index (χ3n) is 5.91. The monoisotopic (exact) mass is 462 g/mol. The second kappa shape index (κ2) is 9.10. The van der Waals surface area contributed by atoms with Crippen LogP contribution in [0.4, 0.5) is 4.39 Å². The van der Waals surface area contributed by atoms with Gasteiger partial charge in [0, 0.05) is 28.7 Å². The summed E-state index contributed by atoms with van der Waals surface area (Å²) in [6.45, 7) is 2.02. The average Bonchev–Trinajstić information content (AvgIpc) is 3.29. The van der Waals surface area contributed by atoms with Gasteiger partial charge in [-0.15, -0.1) is 0 Å². The largest absolute Gasteiger partial charge is 0.445 e. The third-order valence-corrected chi connectivity index (χ3v) is 8.05. The van der Waals surface area contributed by atoms with E-state index in [1.807, 2.05) is 0 Å². The Hall–Kier alpha value is -2.22. The fourth-order valence-electron chi connectivity index (χ4n) is 4.19. The molecule has 3 aromatic rings. The number of oxazole rings is 1. The highest BCUT2D eigenvalue weighted by Crippen LogP contribution is 2.34. The molecule has 1 aromatic heterocycles. The smallest absolute Gasteiger partial charge is 0.243 e. The molecule has 2 atom stereocenters. The van der Waals surface area contributed by atoms with Crippen LogP contribution in [0.2, 0.25) is 5.02 Å². The molecule has 0 N–H and O–H groups in total. The lowest BCUT2D eigenvalue weighted by molar-refractivity contribution is 0.184. The molecule has 164 valence electrons. The van der Waals surface area contributed by atoms with Crippen LogP contribution in [0.25, 0.3) is 11.5 Å². The average molecular weight is 463 g/mol. The molecule has 1 aliphatic rings. The molecule has 0 radical (unpaired) electrons. The van der Waals surface area contributed by atoms with E-state index in [0.717, 1.165) is 25.7 Å². The van der Waals surface area contributed by atoms with Gasteiger partial charge in [0.1, 0.15) is 12.1 Å². The Kier molecular flexibility index (Phi) is 6.46. The van der Waals surface area contributed by atoms with Gasteiger partial charge in [0.25, 0.3) is 0 Å². The van der Waals surface area contributed by atoms with Gasteiger partial charge in [0.15, 0.2) is 0 Å². The predicted molar refractivity (Wildman–Crippen MR) is 117 cm³/mol. The molecule has 0 aliphatic heterocycles. The van der Waals surface area contributed by atoms with E-state index in [1.54, 1.807) is 24.3 Å². The zero-order valence-corrected chi connectivity index (χ0v) is 18.7. The Morgan fingerprint density at radius 1 is 1.16 bits per heavy atom. The van der Waals surface area contributed by atoms with Crippen LogP contribution in [0.15, 0.2) is 64.2 Å². The molecule has 4 rings (SSSR count). The summed E-state index contributed by atoms with van der Waals surface area (Å²) >= 11 is 5.95. The number of sulfonamides is 1. The minimum atomic E-state index is -3.84. The molecule has 1 heterocycles. The van der Waals surface area contributed by atoms with Gasteiger partial charge < -0.3 is 4.42 Å². The standard InChI is InChI=1S/C23H24ClFN2O3S/c1-16-4-2-3-5-22(16)27(31(28,29)20-10-8-19(24)9-11-20)15-18-7-6-17(14-21(18)25)23-26-12-13-30-23/h6-14,16,22H,2-5,15H2,1H3/t16-,22-/m1/s1. The molecule has 8 heteroatoms. The normalized spacial score (nSPS) is 19.6. The Morgan fingerprint density at radius 3 is 2.55 bits per heavy atom. The van der Waals surface area contributed by atoms with Crippen molar-refractivity contribution in [2.75, 3.05) is 0 Å². The third kappa shape index (κ3) is 4.68. The van der Waals surface area contributed by atoms with Gasteiger partial charge in [-0.05, 0) is 55.2 Å². The van der Waals surface area contributed by atoms with Crippen LogP contribution >= 0.6 is 11.6 Å². The highest BCUT2D eigenvalue weighted by atomic mass is 35.5. The Labute approximate surface area is 186 Å². The molecular weight excluding hydrogens is 439 g/mol. The lowest BCUT2D eigenvalue weighted by atomic mass is 9.86. The van der Waals surface area contributed by atoms with E-state index in [1.165, 1.54) is 35.0 Å². The van der Waals surface area contributed by atoms with E-state index in [-0.39, 0.29) is 23.4 Å². The number of hydrogen-bond acceptors (Lipinski definition) is 4. The van der Waals surface area contributed by atoms with Crippen LogP contribution in [-0.2, 0) is 16.6 Å². The molecular formula is C23H24ClFN2O3S. The van der Waals surface area contributed by atoms with Gasteiger partial charge in [-0.2, -0.15) is 4.31 Å². The van der Waals surface area contributed by atoms with Crippen LogP contribution < -0.4 is 0 Å². The Balaban J connectivity index is 1.70.